The second kappa shape index (κ2) is 8.48. The van der Waals surface area contributed by atoms with Crippen LogP contribution in [0.3, 0.4) is 0 Å². The number of para-hydroxylation sites is 2. The number of thiophene rings is 1. The SMILES string of the molecule is COc1ccccc1N1CCN(C(=O)Cn2nc(-c3cccs3)ccc2=O)CC1. The van der Waals surface area contributed by atoms with Crippen LogP contribution in [-0.2, 0) is 11.3 Å². The van der Waals surface area contributed by atoms with Gasteiger partial charge in [0.2, 0.25) is 5.91 Å². The van der Waals surface area contributed by atoms with Crippen LogP contribution in [0.4, 0.5) is 5.69 Å². The van der Waals surface area contributed by atoms with Gasteiger partial charge in [0, 0.05) is 32.2 Å². The highest BCUT2D eigenvalue weighted by molar-refractivity contribution is 7.13. The Kier molecular flexibility index (Phi) is 5.62. The predicted molar refractivity (Wildman–Crippen MR) is 114 cm³/mol. The summed E-state index contributed by atoms with van der Waals surface area (Å²) in [6.45, 7) is 2.56. The Labute approximate surface area is 172 Å². The maximum atomic E-state index is 12.8. The monoisotopic (exact) mass is 410 g/mol. The Balaban J connectivity index is 1.42. The number of rotatable bonds is 5. The van der Waals surface area contributed by atoms with E-state index in [-0.39, 0.29) is 18.0 Å². The predicted octanol–water partition coefficient (Wildman–Crippen LogP) is 2.33. The fourth-order valence-corrected chi connectivity index (χ4v) is 4.12. The summed E-state index contributed by atoms with van der Waals surface area (Å²) in [4.78, 5) is 29.9. The van der Waals surface area contributed by atoms with Crippen molar-refractivity contribution in [1.82, 2.24) is 14.7 Å². The molecule has 29 heavy (non-hydrogen) atoms. The Morgan fingerprint density at radius 1 is 1.07 bits per heavy atom. The van der Waals surface area contributed by atoms with Crippen LogP contribution in [0.1, 0.15) is 0 Å². The van der Waals surface area contributed by atoms with E-state index in [0.717, 1.165) is 16.3 Å². The van der Waals surface area contributed by atoms with E-state index in [1.807, 2.05) is 41.8 Å². The largest absolute Gasteiger partial charge is 0.495 e. The summed E-state index contributed by atoms with van der Waals surface area (Å²) in [6, 6.07) is 14.9. The maximum Gasteiger partial charge on any atom is 0.267 e. The topological polar surface area (TPSA) is 67.7 Å². The van der Waals surface area contributed by atoms with Crippen molar-refractivity contribution in [3.63, 3.8) is 0 Å². The Morgan fingerprint density at radius 2 is 1.86 bits per heavy atom. The van der Waals surface area contributed by atoms with Crippen LogP contribution in [0.15, 0.2) is 58.7 Å². The molecule has 150 valence electrons. The number of aromatic nitrogens is 2. The molecule has 1 aliphatic rings. The standard InChI is InChI=1S/C21H22N4O3S/c1-28-18-6-3-2-5-17(18)23-10-12-24(13-11-23)21(27)15-25-20(26)9-8-16(22-25)19-7-4-14-29-19/h2-9,14H,10-13,15H2,1H3. The molecule has 0 saturated carbocycles. The summed E-state index contributed by atoms with van der Waals surface area (Å²) >= 11 is 1.55. The molecule has 1 aromatic carbocycles. The van der Waals surface area contributed by atoms with Gasteiger partial charge in [-0.05, 0) is 29.6 Å². The van der Waals surface area contributed by atoms with E-state index in [1.165, 1.54) is 10.7 Å². The first-order chi connectivity index (χ1) is 14.2. The molecule has 0 radical (unpaired) electrons. The van der Waals surface area contributed by atoms with Gasteiger partial charge in [0.25, 0.3) is 5.56 Å². The van der Waals surface area contributed by atoms with Gasteiger partial charge in [-0.3, -0.25) is 9.59 Å². The first kappa shape index (κ1) is 19.2. The highest BCUT2D eigenvalue weighted by Crippen LogP contribution is 2.28. The summed E-state index contributed by atoms with van der Waals surface area (Å²) in [5.41, 5.74) is 1.46. The fraction of sp³-hybridized carbons (Fsp3) is 0.286. The Bertz CT molecular complexity index is 1040. The number of benzene rings is 1. The zero-order chi connectivity index (χ0) is 20.2. The second-order valence-corrected chi connectivity index (χ2v) is 7.68. The quantitative estimate of drug-likeness (QED) is 0.646. The molecule has 1 amide bonds. The fourth-order valence-electron chi connectivity index (χ4n) is 3.43. The van der Waals surface area contributed by atoms with E-state index >= 15 is 0 Å². The molecule has 8 heteroatoms. The number of methoxy groups -OCH3 is 1. The molecule has 3 aromatic rings. The summed E-state index contributed by atoms with van der Waals surface area (Å²) in [7, 11) is 1.66. The van der Waals surface area contributed by atoms with Gasteiger partial charge in [-0.25, -0.2) is 4.68 Å². The van der Waals surface area contributed by atoms with Crippen molar-refractivity contribution in [3.05, 3.63) is 64.3 Å². The van der Waals surface area contributed by atoms with Crippen molar-refractivity contribution in [2.75, 3.05) is 38.2 Å². The number of hydrogen-bond donors (Lipinski definition) is 0. The highest BCUT2D eigenvalue weighted by atomic mass is 32.1. The third kappa shape index (κ3) is 4.17. The molecule has 4 rings (SSSR count). The number of amides is 1. The molecule has 0 atom stereocenters. The van der Waals surface area contributed by atoms with Crippen LogP contribution in [0.25, 0.3) is 10.6 Å². The summed E-state index contributed by atoms with van der Waals surface area (Å²) in [5.74, 6) is 0.732. The Morgan fingerprint density at radius 3 is 2.59 bits per heavy atom. The smallest absolute Gasteiger partial charge is 0.267 e. The molecule has 1 aliphatic heterocycles. The van der Waals surface area contributed by atoms with Gasteiger partial charge in [0.1, 0.15) is 18.0 Å². The van der Waals surface area contributed by atoms with Crippen LogP contribution >= 0.6 is 11.3 Å². The highest BCUT2D eigenvalue weighted by Gasteiger charge is 2.23. The third-order valence-electron chi connectivity index (χ3n) is 4.98. The first-order valence-corrected chi connectivity index (χ1v) is 10.3. The van der Waals surface area contributed by atoms with E-state index in [4.69, 9.17) is 4.74 Å². The molecule has 0 N–H and O–H groups in total. The third-order valence-corrected chi connectivity index (χ3v) is 5.88. The molecule has 3 heterocycles. The van der Waals surface area contributed by atoms with Gasteiger partial charge >= 0.3 is 0 Å². The number of ether oxygens (including phenoxy) is 1. The first-order valence-electron chi connectivity index (χ1n) is 9.43. The number of carbonyl (C=O) groups is 1. The normalized spacial score (nSPS) is 14.1. The van der Waals surface area contributed by atoms with E-state index < -0.39 is 0 Å². The van der Waals surface area contributed by atoms with E-state index in [2.05, 4.69) is 10.00 Å². The lowest BCUT2D eigenvalue weighted by molar-refractivity contribution is -0.132. The lowest BCUT2D eigenvalue weighted by Crippen LogP contribution is -2.50. The van der Waals surface area contributed by atoms with Crippen molar-refractivity contribution in [2.45, 2.75) is 6.54 Å². The van der Waals surface area contributed by atoms with Crippen molar-refractivity contribution in [3.8, 4) is 16.3 Å². The summed E-state index contributed by atoms with van der Waals surface area (Å²) in [5, 5.41) is 6.33. The molecule has 2 aromatic heterocycles. The van der Waals surface area contributed by atoms with E-state index in [1.54, 1.807) is 29.4 Å². The Hall–Kier alpha value is -3.13. The number of hydrogen-bond acceptors (Lipinski definition) is 6. The molecule has 0 bridgehead atoms. The van der Waals surface area contributed by atoms with Gasteiger partial charge in [-0.15, -0.1) is 11.3 Å². The van der Waals surface area contributed by atoms with Crippen molar-refractivity contribution >= 4 is 22.9 Å². The molecule has 0 spiro atoms. The molecule has 0 aliphatic carbocycles. The number of piperazine rings is 1. The molecule has 1 saturated heterocycles. The van der Waals surface area contributed by atoms with Gasteiger partial charge in [-0.1, -0.05) is 18.2 Å². The van der Waals surface area contributed by atoms with Crippen LogP contribution in [0.5, 0.6) is 5.75 Å². The number of carbonyl (C=O) groups excluding carboxylic acids is 1. The van der Waals surface area contributed by atoms with Crippen molar-refractivity contribution < 1.29 is 9.53 Å². The van der Waals surface area contributed by atoms with E-state index in [9.17, 15) is 9.59 Å². The van der Waals surface area contributed by atoms with Crippen molar-refractivity contribution in [2.24, 2.45) is 0 Å². The maximum absolute atomic E-state index is 12.8. The van der Waals surface area contributed by atoms with Crippen LogP contribution in [0, 0.1) is 0 Å². The van der Waals surface area contributed by atoms with Gasteiger partial charge in [-0.2, -0.15) is 5.10 Å². The number of nitrogens with zero attached hydrogens (tertiary/aromatic N) is 4. The van der Waals surface area contributed by atoms with E-state index in [0.29, 0.717) is 31.9 Å². The average molecular weight is 410 g/mol. The molecule has 1 fully saturated rings. The van der Waals surface area contributed by atoms with Gasteiger partial charge in [0.15, 0.2) is 0 Å². The second-order valence-electron chi connectivity index (χ2n) is 6.73. The van der Waals surface area contributed by atoms with Crippen molar-refractivity contribution in [1.29, 1.82) is 0 Å². The lowest BCUT2D eigenvalue weighted by Gasteiger charge is -2.36. The molecule has 0 unspecified atom stereocenters. The van der Waals surface area contributed by atoms with Crippen LogP contribution in [0.2, 0.25) is 0 Å². The van der Waals surface area contributed by atoms with Gasteiger partial charge < -0.3 is 14.5 Å². The summed E-state index contributed by atoms with van der Waals surface area (Å²) < 4.78 is 6.69. The minimum Gasteiger partial charge on any atom is -0.495 e. The zero-order valence-electron chi connectivity index (χ0n) is 16.2. The van der Waals surface area contributed by atoms with Crippen LogP contribution < -0.4 is 15.2 Å². The molecular weight excluding hydrogens is 388 g/mol. The number of anilines is 1. The molecule has 7 nitrogen and oxygen atoms in total. The lowest BCUT2D eigenvalue weighted by atomic mass is 10.2. The minimum absolute atomic E-state index is 0.0489. The zero-order valence-corrected chi connectivity index (χ0v) is 17.0. The van der Waals surface area contributed by atoms with Crippen LogP contribution in [-0.4, -0.2) is 53.9 Å². The summed E-state index contributed by atoms with van der Waals surface area (Å²) in [6.07, 6.45) is 0. The van der Waals surface area contributed by atoms with Gasteiger partial charge in [0.05, 0.1) is 17.7 Å². The molecular formula is C21H22N4O3S. The minimum atomic E-state index is -0.272. The average Bonchev–Trinajstić information content (AvgIpc) is 3.30.